The predicted octanol–water partition coefficient (Wildman–Crippen LogP) is 3.93. The van der Waals surface area contributed by atoms with Crippen LogP contribution in [-0.4, -0.2) is 55.0 Å². The number of rotatable bonds is 9. The van der Waals surface area contributed by atoms with Crippen LogP contribution in [0.5, 0.6) is 11.5 Å². The summed E-state index contributed by atoms with van der Waals surface area (Å²) in [5.41, 5.74) is 1.12. The highest BCUT2D eigenvalue weighted by atomic mass is 32.1. The van der Waals surface area contributed by atoms with Gasteiger partial charge < -0.3 is 19.3 Å². The van der Waals surface area contributed by atoms with Crippen LogP contribution in [0.1, 0.15) is 30.3 Å². The molecule has 166 valence electrons. The fraction of sp³-hybridized carbons (Fsp3) is 0.417. The maximum atomic E-state index is 13.3. The first kappa shape index (κ1) is 22.9. The van der Waals surface area contributed by atoms with Gasteiger partial charge >= 0.3 is 0 Å². The summed E-state index contributed by atoms with van der Waals surface area (Å²) in [5, 5.41) is 2.06. The largest absolute Gasteiger partial charge is 0.497 e. The topological polar surface area (TPSA) is 59.1 Å². The summed E-state index contributed by atoms with van der Waals surface area (Å²) in [4.78, 5) is 30.5. The van der Waals surface area contributed by atoms with Crippen LogP contribution in [0, 0.1) is 5.92 Å². The minimum atomic E-state index is -0.201. The maximum absolute atomic E-state index is 13.3. The number of hydrogen-bond donors (Lipinski definition) is 0. The van der Waals surface area contributed by atoms with E-state index in [1.165, 1.54) is 4.88 Å². The second-order valence-electron chi connectivity index (χ2n) is 7.80. The van der Waals surface area contributed by atoms with Gasteiger partial charge in [0.25, 0.3) is 0 Å². The van der Waals surface area contributed by atoms with Crippen LogP contribution in [0.25, 0.3) is 0 Å². The Balaban J connectivity index is 1.78. The van der Waals surface area contributed by atoms with Gasteiger partial charge in [-0.25, -0.2) is 0 Å². The number of nitrogens with zero attached hydrogens (tertiary/aromatic N) is 2. The smallest absolute Gasteiger partial charge is 0.242 e. The van der Waals surface area contributed by atoms with Crippen molar-refractivity contribution in [2.24, 2.45) is 5.92 Å². The Kier molecular flexibility index (Phi) is 7.74. The van der Waals surface area contributed by atoms with E-state index in [2.05, 4.69) is 18.0 Å². The molecule has 1 aliphatic rings. The number of fused-ring (bicyclic) bond motifs is 1. The van der Waals surface area contributed by atoms with Crippen LogP contribution >= 0.6 is 11.3 Å². The Morgan fingerprint density at radius 3 is 2.81 bits per heavy atom. The molecule has 0 bridgehead atoms. The van der Waals surface area contributed by atoms with Gasteiger partial charge in [-0.2, -0.15) is 0 Å². The molecule has 2 heterocycles. The molecule has 0 N–H and O–H groups in total. The number of methoxy groups -OCH3 is 1. The number of amides is 2. The molecular weight excluding hydrogens is 412 g/mol. The summed E-state index contributed by atoms with van der Waals surface area (Å²) in [6.07, 6.45) is 2.47. The van der Waals surface area contributed by atoms with Crippen LogP contribution in [0.15, 0.2) is 48.4 Å². The average molecular weight is 443 g/mol. The lowest BCUT2D eigenvalue weighted by Crippen LogP contribution is -2.48. The van der Waals surface area contributed by atoms with Gasteiger partial charge in [0, 0.05) is 30.0 Å². The number of carbonyl (C=O) groups excluding carboxylic acids is 2. The van der Waals surface area contributed by atoms with E-state index < -0.39 is 0 Å². The highest BCUT2D eigenvalue weighted by Gasteiger charge is 2.33. The Bertz CT molecular complexity index is 924. The van der Waals surface area contributed by atoms with Gasteiger partial charge in [-0.3, -0.25) is 9.59 Å². The van der Waals surface area contributed by atoms with Crippen molar-refractivity contribution in [1.29, 1.82) is 0 Å². The number of ether oxygens (including phenoxy) is 2. The van der Waals surface area contributed by atoms with Crippen molar-refractivity contribution in [3.63, 3.8) is 0 Å². The molecule has 0 saturated carbocycles. The summed E-state index contributed by atoms with van der Waals surface area (Å²) in [5.74, 6) is 1.11. The van der Waals surface area contributed by atoms with Gasteiger partial charge in [-0.05, 0) is 35.6 Å². The van der Waals surface area contributed by atoms with E-state index in [-0.39, 0.29) is 30.3 Å². The fourth-order valence-corrected chi connectivity index (χ4v) is 4.68. The van der Waals surface area contributed by atoms with Gasteiger partial charge in [0.1, 0.15) is 24.7 Å². The minimum Gasteiger partial charge on any atom is -0.497 e. The lowest BCUT2D eigenvalue weighted by Gasteiger charge is -2.37. The summed E-state index contributed by atoms with van der Waals surface area (Å²) in [6.45, 7) is 8.74. The highest BCUT2D eigenvalue weighted by molar-refractivity contribution is 7.10. The molecule has 7 heteroatoms. The first-order valence-corrected chi connectivity index (χ1v) is 11.3. The number of hydrogen-bond acceptors (Lipinski definition) is 5. The molecule has 1 aromatic heterocycles. The van der Waals surface area contributed by atoms with E-state index in [0.29, 0.717) is 25.4 Å². The van der Waals surface area contributed by atoms with Crippen molar-refractivity contribution >= 4 is 23.2 Å². The summed E-state index contributed by atoms with van der Waals surface area (Å²) in [7, 11) is 1.62. The molecule has 3 rings (SSSR count). The Hall–Kier alpha value is -2.80. The van der Waals surface area contributed by atoms with Crippen molar-refractivity contribution in [3.05, 3.63) is 58.8 Å². The second kappa shape index (κ2) is 10.5. The Labute approximate surface area is 188 Å². The lowest BCUT2D eigenvalue weighted by molar-refractivity contribution is -0.143. The molecule has 0 fully saturated rings. The van der Waals surface area contributed by atoms with Crippen LogP contribution < -0.4 is 9.47 Å². The molecule has 6 nitrogen and oxygen atoms in total. The molecule has 31 heavy (non-hydrogen) atoms. The monoisotopic (exact) mass is 442 g/mol. The van der Waals surface area contributed by atoms with E-state index >= 15 is 0 Å². The quantitative estimate of drug-likeness (QED) is 0.552. The van der Waals surface area contributed by atoms with Crippen molar-refractivity contribution < 1.29 is 19.1 Å². The molecular formula is C24H30N2O4S. The number of thiophene rings is 1. The van der Waals surface area contributed by atoms with Gasteiger partial charge in [0.2, 0.25) is 11.8 Å². The fourth-order valence-electron chi connectivity index (χ4n) is 3.75. The van der Waals surface area contributed by atoms with Crippen molar-refractivity contribution in [3.8, 4) is 11.5 Å². The Morgan fingerprint density at radius 1 is 1.32 bits per heavy atom. The van der Waals surface area contributed by atoms with Gasteiger partial charge in [0.15, 0.2) is 0 Å². The molecule has 0 radical (unpaired) electrons. The summed E-state index contributed by atoms with van der Waals surface area (Å²) >= 11 is 1.71. The van der Waals surface area contributed by atoms with Crippen LogP contribution in [0.2, 0.25) is 0 Å². The normalized spacial score (nSPS) is 15.4. The zero-order chi connectivity index (χ0) is 22.4. The summed E-state index contributed by atoms with van der Waals surface area (Å²) in [6, 6.07) is 9.31. The van der Waals surface area contributed by atoms with E-state index in [1.54, 1.807) is 29.4 Å². The van der Waals surface area contributed by atoms with Crippen molar-refractivity contribution in [2.75, 3.05) is 33.4 Å². The van der Waals surface area contributed by atoms with E-state index in [0.717, 1.165) is 17.7 Å². The molecule has 0 aliphatic carbocycles. The van der Waals surface area contributed by atoms with Crippen LogP contribution in [-0.2, 0) is 16.0 Å². The molecule has 1 atom stereocenters. The van der Waals surface area contributed by atoms with E-state index in [4.69, 9.17) is 9.47 Å². The number of benzene rings is 1. The van der Waals surface area contributed by atoms with Crippen molar-refractivity contribution in [2.45, 2.75) is 26.3 Å². The molecule has 1 aromatic carbocycles. The third kappa shape index (κ3) is 5.47. The Morgan fingerprint density at radius 2 is 2.10 bits per heavy atom. The van der Waals surface area contributed by atoms with Gasteiger partial charge in [-0.15, -0.1) is 17.9 Å². The first-order valence-electron chi connectivity index (χ1n) is 10.5. The third-order valence-corrected chi connectivity index (χ3v) is 6.34. The third-order valence-electron chi connectivity index (χ3n) is 5.35. The predicted molar refractivity (Wildman–Crippen MR) is 123 cm³/mol. The first-order chi connectivity index (χ1) is 14.9. The summed E-state index contributed by atoms with van der Waals surface area (Å²) < 4.78 is 11.3. The van der Waals surface area contributed by atoms with Gasteiger partial charge in [-0.1, -0.05) is 26.0 Å². The highest BCUT2D eigenvalue weighted by Crippen LogP contribution is 2.34. The molecule has 0 saturated heterocycles. The zero-order valence-electron chi connectivity index (χ0n) is 18.4. The molecule has 2 aromatic rings. The lowest BCUT2D eigenvalue weighted by atomic mass is 10.0. The zero-order valence-corrected chi connectivity index (χ0v) is 19.2. The standard InChI is InChI=1S/C24H30N2O4S/c1-5-11-25(24(28)17(2)3)15-23(27)26-12-9-22-20(10-13-31-22)21(26)16-30-19-8-6-7-18(14-19)29-4/h5-8,10,13-14,17,21H,1,9,11-12,15-16H2,2-4H3. The molecule has 0 spiro atoms. The van der Waals surface area contributed by atoms with Gasteiger partial charge in [0.05, 0.1) is 13.2 Å². The number of carbonyl (C=O) groups is 2. The maximum Gasteiger partial charge on any atom is 0.242 e. The molecule has 2 amide bonds. The average Bonchev–Trinajstić information content (AvgIpc) is 3.25. The molecule has 1 aliphatic heterocycles. The second-order valence-corrected chi connectivity index (χ2v) is 8.80. The van der Waals surface area contributed by atoms with Crippen LogP contribution in [0.4, 0.5) is 0 Å². The van der Waals surface area contributed by atoms with Crippen molar-refractivity contribution in [1.82, 2.24) is 9.80 Å². The minimum absolute atomic E-state index is 0.0398. The SMILES string of the molecule is C=CCN(CC(=O)N1CCc2sccc2C1COc1cccc(OC)c1)C(=O)C(C)C. The van der Waals surface area contributed by atoms with E-state index in [9.17, 15) is 9.59 Å². The van der Waals surface area contributed by atoms with E-state index in [1.807, 2.05) is 43.0 Å². The molecule has 1 unspecified atom stereocenters. The van der Waals surface area contributed by atoms with Crippen LogP contribution in [0.3, 0.4) is 0 Å².